The topological polar surface area (TPSA) is 43.1 Å². The van der Waals surface area contributed by atoms with Crippen LogP contribution in [-0.2, 0) is 4.79 Å². The summed E-state index contributed by atoms with van der Waals surface area (Å²) in [6.45, 7) is 2.13. The summed E-state index contributed by atoms with van der Waals surface area (Å²) in [6.07, 6.45) is 4.51. The molecule has 0 saturated heterocycles. The molecule has 0 heterocycles. The maximum absolute atomic E-state index is 10.8. The van der Waals surface area contributed by atoms with Crippen LogP contribution in [0.5, 0.6) is 0 Å². The number of carbonyl (C=O) groups excluding carboxylic acids is 1. The molecular weight excluding hydrogens is 126 g/mol. The van der Waals surface area contributed by atoms with Crippen LogP contribution in [0, 0.1) is 11.8 Å². The molecule has 2 heteroatoms. The normalized spacial score (nSPS) is 32.5. The lowest BCUT2D eigenvalue weighted by Crippen LogP contribution is -2.25. The van der Waals surface area contributed by atoms with E-state index in [0.717, 1.165) is 12.8 Å². The Kier molecular flexibility index (Phi) is 2.30. The fourth-order valence-electron chi connectivity index (χ4n) is 1.90. The predicted octanol–water partition coefficient (Wildman–Crippen LogP) is 1.30. The fraction of sp³-hybridized carbons (Fsp3) is 0.875. The largest absolute Gasteiger partial charge is 0.369 e. The highest BCUT2D eigenvalue weighted by Gasteiger charge is 2.29. The van der Waals surface area contributed by atoms with Crippen LogP contribution in [0.25, 0.3) is 0 Å². The van der Waals surface area contributed by atoms with Gasteiger partial charge in [0.1, 0.15) is 0 Å². The van der Waals surface area contributed by atoms with Gasteiger partial charge in [-0.3, -0.25) is 4.79 Å². The third-order valence-corrected chi connectivity index (χ3v) is 2.55. The van der Waals surface area contributed by atoms with Crippen LogP contribution in [0.1, 0.15) is 32.6 Å². The molecule has 2 nitrogen and oxygen atoms in total. The first-order valence-electron chi connectivity index (χ1n) is 4.05. The summed E-state index contributed by atoms with van der Waals surface area (Å²) in [4.78, 5) is 10.8. The Labute approximate surface area is 61.8 Å². The number of primary amides is 1. The minimum Gasteiger partial charge on any atom is -0.369 e. The molecule has 1 aliphatic carbocycles. The van der Waals surface area contributed by atoms with E-state index in [2.05, 4.69) is 6.92 Å². The summed E-state index contributed by atoms with van der Waals surface area (Å²) in [5.41, 5.74) is 5.22. The van der Waals surface area contributed by atoms with Crippen LogP contribution < -0.4 is 5.73 Å². The molecule has 0 aromatic rings. The summed E-state index contributed by atoms with van der Waals surface area (Å²) in [7, 11) is 0. The molecule has 10 heavy (non-hydrogen) atoms. The standard InChI is InChI=1S/C8H15NO/c1-2-6-4-3-5-7(6)8(9)10/h6-7H,2-5H2,1H3,(H2,9,10)/t6-,7-/m1/s1. The van der Waals surface area contributed by atoms with Crippen molar-refractivity contribution < 1.29 is 4.79 Å². The van der Waals surface area contributed by atoms with Gasteiger partial charge in [-0.2, -0.15) is 0 Å². The third-order valence-electron chi connectivity index (χ3n) is 2.55. The summed E-state index contributed by atoms with van der Waals surface area (Å²) in [6, 6.07) is 0. The highest BCUT2D eigenvalue weighted by atomic mass is 16.1. The molecule has 0 bridgehead atoms. The first kappa shape index (κ1) is 7.58. The Morgan fingerprint density at radius 3 is 2.70 bits per heavy atom. The molecular formula is C8H15NO. The van der Waals surface area contributed by atoms with Gasteiger partial charge < -0.3 is 5.73 Å². The van der Waals surface area contributed by atoms with Gasteiger partial charge in [0.25, 0.3) is 0 Å². The lowest BCUT2D eigenvalue weighted by atomic mass is 9.93. The second-order valence-corrected chi connectivity index (χ2v) is 3.11. The van der Waals surface area contributed by atoms with E-state index in [1.807, 2.05) is 0 Å². The van der Waals surface area contributed by atoms with Crippen molar-refractivity contribution in [3.8, 4) is 0 Å². The SMILES string of the molecule is CC[C@@H]1CCC[C@H]1C(N)=O. The highest BCUT2D eigenvalue weighted by molar-refractivity contribution is 5.77. The summed E-state index contributed by atoms with van der Waals surface area (Å²) in [5.74, 6) is 0.673. The van der Waals surface area contributed by atoms with Gasteiger partial charge in [-0.25, -0.2) is 0 Å². The zero-order valence-corrected chi connectivity index (χ0v) is 6.47. The van der Waals surface area contributed by atoms with Gasteiger partial charge in [-0.1, -0.05) is 19.8 Å². The van der Waals surface area contributed by atoms with Gasteiger partial charge in [0.05, 0.1) is 0 Å². The average Bonchev–Trinajstić information content (AvgIpc) is 2.33. The van der Waals surface area contributed by atoms with Gasteiger partial charge in [0, 0.05) is 5.92 Å². The lowest BCUT2D eigenvalue weighted by Gasteiger charge is -2.12. The quantitative estimate of drug-likeness (QED) is 0.618. The van der Waals surface area contributed by atoms with Gasteiger partial charge in [-0.05, 0) is 18.8 Å². The van der Waals surface area contributed by atoms with E-state index >= 15 is 0 Å². The fourth-order valence-corrected chi connectivity index (χ4v) is 1.90. The molecule has 0 spiro atoms. The smallest absolute Gasteiger partial charge is 0.220 e. The molecule has 2 atom stereocenters. The van der Waals surface area contributed by atoms with Gasteiger partial charge in [0.15, 0.2) is 0 Å². The van der Waals surface area contributed by atoms with Gasteiger partial charge >= 0.3 is 0 Å². The Bertz CT molecular complexity index is 133. The van der Waals surface area contributed by atoms with Crippen molar-refractivity contribution in [1.82, 2.24) is 0 Å². The van der Waals surface area contributed by atoms with E-state index in [1.54, 1.807) is 0 Å². The van der Waals surface area contributed by atoms with E-state index in [-0.39, 0.29) is 11.8 Å². The molecule has 1 amide bonds. The monoisotopic (exact) mass is 141 g/mol. The van der Waals surface area contributed by atoms with E-state index in [4.69, 9.17) is 5.73 Å². The highest BCUT2D eigenvalue weighted by Crippen LogP contribution is 2.33. The van der Waals surface area contributed by atoms with Crippen LogP contribution in [-0.4, -0.2) is 5.91 Å². The van der Waals surface area contributed by atoms with Crippen LogP contribution in [0.3, 0.4) is 0 Å². The van der Waals surface area contributed by atoms with Gasteiger partial charge in [-0.15, -0.1) is 0 Å². The molecule has 0 aromatic heterocycles. The third kappa shape index (κ3) is 1.31. The van der Waals surface area contributed by atoms with Crippen molar-refractivity contribution in [2.45, 2.75) is 32.6 Å². The molecule has 1 rings (SSSR count). The van der Waals surface area contributed by atoms with Crippen LogP contribution >= 0.6 is 0 Å². The Balaban J connectivity index is 2.50. The minimum absolute atomic E-state index is 0.0932. The Morgan fingerprint density at radius 2 is 2.30 bits per heavy atom. The maximum atomic E-state index is 10.8. The average molecular weight is 141 g/mol. The molecule has 1 saturated carbocycles. The molecule has 1 aliphatic rings. The molecule has 0 radical (unpaired) electrons. The second-order valence-electron chi connectivity index (χ2n) is 3.11. The second kappa shape index (κ2) is 3.04. The molecule has 0 unspecified atom stereocenters. The molecule has 0 aromatic carbocycles. The van der Waals surface area contributed by atoms with E-state index < -0.39 is 0 Å². The van der Waals surface area contributed by atoms with Crippen LogP contribution in [0.2, 0.25) is 0 Å². The Morgan fingerprint density at radius 1 is 1.60 bits per heavy atom. The van der Waals surface area contributed by atoms with Crippen molar-refractivity contribution >= 4 is 5.91 Å². The zero-order valence-electron chi connectivity index (χ0n) is 6.47. The predicted molar refractivity (Wildman–Crippen MR) is 40.3 cm³/mol. The first-order valence-corrected chi connectivity index (χ1v) is 4.05. The number of hydrogen-bond donors (Lipinski definition) is 1. The molecule has 2 N–H and O–H groups in total. The van der Waals surface area contributed by atoms with Crippen molar-refractivity contribution in [3.63, 3.8) is 0 Å². The minimum atomic E-state index is -0.0932. The van der Waals surface area contributed by atoms with Gasteiger partial charge in [0.2, 0.25) is 5.91 Å². The molecule has 0 aliphatic heterocycles. The summed E-state index contributed by atoms with van der Waals surface area (Å²) in [5, 5.41) is 0. The van der Waals surface area contributed by atoms with E-state index in [1.165, 1.54) is 12.8 Å². The van der Waals surface area contributed by atoms with Crippen molar-refractivity contribution in [2.75, 3.05) is 0 Å². The lowest BCUT2D eigenvalue weighted by molar-refractivity contribution is -0.122. The van der Waals surface area contributed by atoms with E-state index in [9.17, 15) is 4.79 Å². The van der Waals surface area contributed by atoms with Crippen molar-refractivity contribution in [2.24, 2.45) is 17.6 Å². The van der Waals surface area contributed by atoms with Crippen molar-refractivity contribution in [3.05, 3.63) is 0 Å². The van der Waals surface area contributed by atoms with Crippen LogP contribution in [0.4, 0.5) is 0 Å². The zero-order chi connectivity index (χ0) is 7.56. The maximum Gasteiger partial charge on any atom is 0.220 e. The van der Waals surface area contributed by atoms with E-state index in [0.29, 0.717) is 5.92 Å². The molecule has 1 fully saturated rings. The number of rotatable bonds is 2. The van der Waals surface area contributed by atoms with Crippen LogP contribution in [0.15, 0.2) is 0 Å². The first-order chi connectivity index (χ1) is 4.75. The summed E-state index contributed by atoms with van der Waals surface area (Å²) >= 11 is 0. The number of hydrogen-bond acceptors (Lipinski definition) is 1. The van der Waals surface area contributed by atoms with Crippen molar-refractivity contribution in [1.29, 1.82) is 0 Å². The Hall–Kier alpha value is -0.530. The number of amides is 1. The summed E-state index contributed by atoms with van der Waals surface area (Å²) < 4.78 is 0. The number of nitrogens with two attached hydrogens (primary N) is 1. The number of carbonyl (C=O) groups is 1. The molecule has 58 valence electrons.